The molecule has 0 N–H and O–H groups in total. The van der Waals surface area contributed by atoms with Gasteiger partial charge >= 0.3 is 0 Å². The molecule has 0 aliphatic carbocycles. The molecule has 122 valence electrons. The zero-order valence-corrected chi connectivity index (χ0v) is 13.1. The summed E-state index contributed by atoms with van der Waals surface area (Å²) in [4.78, 5) is 0. The van der Waals surface area contributed by atoms with Crippen LogP contribution in [0, 0.1) is 37.1 Å². The molecule has 0 saturated heterocycles. The molecule has 0 radical (unpaired) electrons. The van der Waals surface area contributed by atoms with Crippen LogP contribution < -0.4 is 0 Å². The zero-order chi connectivity index (χ0) is 17.4. The molecule has 0 heterocycles. The van der Waals surface area contributed by atoms with Gasteiger partial charge in [0, 0.05) is 16.7 Å². The van der Waals surface area contributed by atoms with Gasteiger partial charge in [0.05, 0.1) is 0 Å². The first kappa shape index (κ1) is 16.2. The highest BCUT2D eigenvalue weighted by molar-refractivity contribution is 5.72. The monoisotopic (exact) mass is 330 g/mol. The Kier molecular flexibility index (Phi) is 4.14. The van der Waals surface area contributed by atoms with Crippen molar-refractivity contribution < 1.29 is 17.6 Å². The Morgan fingerprint density at radius 3 is 1.88 bits per heavy atom. The molecule has 0 aromatic heterocycles. The summed E-state index contributed by atoms with van der Waals surface area (Å²) >= 11 is 0. The lowest BCUT2D eigenvalue weighted by Crippen LogP contribution is -1.96. The summed E-state index contributed by atoms with van der Waals surface area (Å²) in [6.45, 7) is 3.19. The molecule has 0 aliphatic heterocycles. The van der Waals surface area contributed by atoms with Gasteiger partial charge in [0.25, 0.3) is 0 Å². The summed E-state index contributed by atoms with van der Waals surface area (Å²) in [6.07, 6.45) is 0. The molecule has 0 amide bonds. The first-order chi connectivity index (χ1) is 11.4. The van der Waals surface area contributed by atoms with Gasteiger partial charge in [-0.05, 0) is 42.7 Å². The van der Waals surface area contributed by atoms with Gasteiger partial charge in [0.2, 0.25) is 0 Å². The fourth-order valence-corrected chi connectivity index (χ4v) is 2.61. The maximum absolute atomic E-state index is 14.4. The highest BCUT2D eigenvalue weighted by Gasteiger charge is 2.16. The van der Waals surface area contributed by atoms with Crippen LogP contribution in [0.5, 0.6) is 0 Å². The van der Waals surface area contributed by atoms with E-state index in [9.17, 15) is 17.6 Å². The van der Waals surface area contributed by atoms with Crippen molar-refractivity contribution in [3.8, 4) is 22.3 Å². The van der Waals surface area contributed by atoms with Crippen LogP contribution in [0.4, 0.5) is 17.6 Å². The lowest BCUT2D eigenvalue weighted by Gasteiger charge is -2.10. The van der Waals surface area contributed by atoms with E-state index in [1.807, 2.05) is 0 Å². The smallest absolute Gasteiger partial charge is 0.167 e. The average molecular weight is 330 g/mol. The predicted octanol–water partition coefficient (Wildman–Crippen LogP) is 6.19. The predicted molar refractivity (Wildman–Crippen MR) is 86.6 cm³/mol. The molecule has 24 heavy (non-hydrogen) atoms. The second-order valence-corrected chi connectivity index (χ2v) is 5.74. The molecule has 3 aromatic carbocycles. The Morgan fingerprint density at radius 1 is 0.583 bits per heavy atom. The van der Waals surface area contributed by atoms with E-state index in [1.54, 1.807) is 19.1 Å². The molecule has 0 aliphatic rings. The lowest BCUT2D eigenvalue weighted by atomic mass is 9.97. The number of benzene rings is 3. The molecule has 3 rings (SSSR count). The average Bonchev–Trinajstić information content (AvgIpc) is 2.53. The van der Waals surface area contributed by atoms with Crippen LogP contribution in [0.25, 0.3) is 22.3 Å². The first-order valence-electron chi connectivity index (χ1n) is 7.39. The molecule has 0 spiro atoms. The van der Waals surface area contributed by atoms with Gasteiger partial charge in [-0.25, -0.2) is 17.6 Å². The Bertz CT molecular complexity index is 929. The van der Waals surface area contributed by atoms with Gasteiger partial charge in [-0.1, -0.05) is 36.4 Å². The van der Waals surface area contributed by atoms with Crippen LogP contribution in [-0.4, -0.2) is 0 Å². The van der Waals surface area contributed by atoms with Crippen molar-refractivity contribution in [1.82, 2.24) is 0 Å². The van der Waals surface area contributed by atoms with Crippen molar-refractivity contribution >= 4 is 0 Å². The van der Waals surface area contributed by atoms with E-state index in [0.717, 1.165) is 11.6 Å². The van der Waals surface area contributed by atoms with Crippen LogP contribution in [0.15, 0.2) is 48.5 Å². The summed E-state index contributed by atoms with van der Waals surface area (Å²) in [5, 5.41) is 0. The van der Waals surface area contributed by atoms with E-state index in [-0.39, 0.29) is 22.3 Å². The van der Waals surface area contributed by atoms with Crippen LogP contribution >= 0.6 is 0 Å². The van der Waals surface area contributed by atoms with E-state index in [0.29, 0.717) is 5.56 Å². The maximum atomic E-state index is 14.4. The summed E-state index contributed by atoms with van der Waals surface area (Å²) < 4.78 is 56.2. The second kappa shape index (κ2) is 6.11. The summed E-state index contributed by atoms with van der Waals surface area (Å²) in [6, 6.07) is 11.3. The fraction of sp³-hybridized carbons (Fsp3) is 0.100. The third-order valence-corrected chi connectivity index (χ3v) is 3.97. The maximum Gasteiger partial charge on any atom is 0.167 e. The van der Waals surface area contributed by atoms with Gasteiger partial charge in [-0.15, -0.1) is 0 Å². The zero-order valence-electron chi connectivity index (χ0n) is 13.1. The fourth-order valence-electron chi connectivity index (χ4n) is 2.61. The third kappa shape index (κ3) is 2.80. The van der Waals surface area contributed by atoms with Crippen molar-refractivity contribution in [1.29, 1.82) is 0 Å². The van der Waals surface area contributed by atoms with Crippen molar-refractivity contribution in [2.75, 3.05) is 0 Å². The second-order valence-electron chi connectivity index (χ2n) is 5.74. The number of aryl methyl sites for hydroxylation is 2. The number of rotatable bonds is 2. The quantitative estimate of drug-likeness (QED) is 0.491. The Morgan fingerprint density at radius 2 is 1.21 bits per heavy atom. The van der Waals surface area contributed by atoms with Gasteiger partial charge in [0.15, 0.2) is 11.6 Å². The molecule has 0 bridgehead atoms. The van der Waals surface area contributed by atoms with Crippen LogP contribution in [0.3, 0.4) is 0 Å². The Balaban J connectivity index is 2.10. The minimum atomic E-state index is -1.09. The highest BCUT2D eigenvalue weighted by atomic mass is 19.2. The largest absolute Gasteiger partial charge is 0.206 e. The van der Waals surface area contributed by atoms with Crippen LogP contribution in [-0.2, 0) is 0 Å². The molecule has 0 atom stereocenters. The van der Waals surface area contributed by atoms with Gasteiger partial charge in [-0.3, -0.25) is 0 Å². The molecular weight excluding hydrogens is 316 g/mol. The normalized spacial score (nSPS) is 10.9. The number of halogens is 4. The standard InChI is InChI=1S/C20H14F4/c1-11-3-6-14(17(21)9-11)13-5-8-15(18(22)10-13)16-7-4-12(2)19(23)20(16)24/h3-10H,1-2H3. The molecule has 3 aromatic rings. The summed E-state index contributed by atoms with van der Waals surface area (Å²) in [7, 11) is 0. The van der Waals surface area contributed by atoms with E-state index in [4.69, 9.17) is 0 Å². The van der Waals surface area contributed by atoms with Gasteiger partial charge in [-0.2, -0.15) is 0 Å². The first-order valence-corrected chi connectivity index (χ1v) is 7.39. The highest BCUT2D eigenvalue weighted by Crippen LogP contribution is 2.32. The molecule has 0 nitrogen and oxygen atoms in total. The molecule has 4 heteroatoms. The minimum absolute atomic E-state index is 0.0670. The van der Waals surface area contributed by atoms with Crippen molar-refractivity contribution in [3.63, 3.8) is 0 Å². The molecule has 0 fully saturated rings. The third-order valence-electron chi connectivity index (χ3n) is 3.97. The van der Waals surface area contributed by atoms with Crippen molar-refractivity contribution in [3.05, 3.63) is 82.9 Å². The Labute approximate surface area is 137 Å². The lowest BCUT2D eigenvalue weighted by molar-refractivity contribution is 0.505. The molecule has 0 unspecified atom stereocenters. The SMILES string of the molecule is Cc1ccc(-c2ccc(-c3ccc(C)c(F)c3F)c(F)c2)c(F)c1. The number of hydrogen-bond acceptors (Lipinski definition) is 0. The van der Waals surface area contributed by atoms with E-state index in [2.05, 4.69) is 0 Å². The van der Waals surface area contributed by atoms with E-state index in [1.165, 1.54) is 37.3 Å². The minimum Gasteiger partial charge on any atom is -0.206 e. The topological polar surface area (TPSA) is 0 Å². The van der Waals surface area contributed by atoms with Crippen molar-refractivity contribution in [2.45, 2.75) is 13.8 Å². The van der Waals surface area contributed by atoms with Gasteiger partial charge < -0.3 is 0 Å². The van der Waals surface area contributed by atoms with Gasteiger partial charge in [0.1, 0.15) is 11.6 Å². The van der Waals surface area contributed by atoms with E-state index < -0.39 is 23.3 Å². The Hall–Kier alpha value is -2.62. The number of hydrogen-bond donors (Lipinski definition) is 0. The van der Waals surface area contributed by atoms with E-state index >= 15 is 0 Å². The summed E-state index contributed by atoms with van der Waals surface area (Å²) in [5.74, 6) is -3.30. The van der Waals surface area contributed by atoms with Crippen molar-refractivity contribution in [2.24, 2.45) is 0 Å². The van der Waals surface area contributed by atoms with Crippen LogP contribution in [0.1, 0.15) is 11.1 Å². The summed E-state index contributed by atoms with van der Waals surface area (Å²) in [5.41, 5.74) is 1.26. The molecule has 0 saturated carbocycles. The van der Waals surface area contributed by atoms with Crippen LogP contribution in [0.2, 0.25) is 0 Å². The molecular formula is C20H14F4.